The number of carbonyl (C=O) groups is 1. The number of para-hydroxylation sites is 2. The van der Waals surface area contributed by atoms with E-state index in [1.807, 2.05) is 24.3 Å². The highest BCUT2D eigenvalue weighted by molar-refractivity contribution is 7.99. The molecule has 1 N–H and O–H groups in total. The van der Waals surface area contributed by atoms with Crippen molar-refractivity contribution in [2.24, 2.45) is 0 Å². The van der Waals surface area contributed by atoms with Gasteiger partial charge in [-0.2, -0.15) is 0 Å². The number of piperazine rings is 1. The molecule has 1 fully saturated rings. The van der Waals surface area contributed by atoms with Crippen LogP contribution in [0.5, 0.6) is 11.5 Å². The Hall–Kier alpha value is -3.17. The van der Waals surface area contributed by atoms with E-state index < -0.39 is 0 Å². The zero-order valence-electron chi connectivity index (χ0n) is 19.0. The number of anilines is 3. The van der Waals surface area contributed by atoms with Crippen molar-refractivity contribution in [3.05, 3.63) is 59.9 Å². The van der Waals surface area contributed by atoms with Crippen molar-refractivity contribution < 1.29 is 14.3 Å². The first-order valence-corrected chi connectivity index (χ1v) is 12.1. The number of amides is 1. The topological polar surface area (TPSA) is 79.8 Å². The lowest BCUT2D eigenvalue weighted by molar-refractivity contribution is -0.113. The van der Waals surface area contributed by atoms with E-state index in [0.717, 1.165) is 48.5 Å². The quantitative estimate of drug-likeness (QED) is 0.365. The molecule has 2 heterocycles. The molecule has 0 bridgehead atoms. The summed E-state index contributed by atoms with van der Waals surface area (Å²) >= 11 is 7.49. The minimum Gasteiger partial charge on any atom is -0.495 e. The maximum absolute atomic E-state index is 12.4. The standard InChI is InChI=1S/C24H26ClN5O3S/c1-32-20-8-7-17(13-18(20)25)28-23(31)15-34-24-14-22(26-16-27-24)30-11-9-29(10-12-30)19-5-3-4-6-21(19)33-2/h3-8,13-14,16H,9-12,15H2,1-2H3,(H,28,31). The normalized spacial score (nSPS) is 13.5. The first-order chi connectivity index (χ1) is 16.6. The number of carbonyl (C=O) groups excluding carboxylic acids is 1. The molecular formula is C24H26ClN5O3S. The smallest absolute Gasteiger partial charge is 0.234 e. The Bertz CT molecular complexity index is 1140. The fourth-order valence-corrected chi connectivity index (χ4v) is 4.65. The molecule has 3 aromatic rings. The Morgan fingerprint density at radius 2 is 1.74 bits per heavy atom. The van der Waals surface area contributed by atoms with Gasteiger partial charge in [0.2, 0.25) is 5.91 Å². The van der Waals surface area contributed by atoms with Crippen LogP contribution < -0.4 is 24.6 Å². The summed E-state index contributed by atoms with van der Waals surface area (Å²) in [6.45, 7) is 3.38. The van der Waals surface area contributed by atoms with Gasteiger partial charge in [0.15, 0.2) is 0 Å². The lowest BCUT2D eigenvalue weighted by Gasteiger charge is -2.37. The van der Waals surface area contributed by atoms with E-state index in [-0.39, 0.29) is 11.7 Å². The molecule has 0 saturated carbocycles. The van der Waals surface area contributed by atoms with Gasteiger partial charge in [-0.05, 0) is 30.3 Å². The van der Waals surface area contributed by atoms with E-state index in [2.05, 4.69) is 31.2 Å². The van der Waals surface area contributed by atoms with Crippen LogP contribution in [0.3, 0.4) is 0 Å². The van der Waals surface area contributed by atoms with Crippen molar-refractivity contribution in [1.29, 1.82) is 0 Å². The molecule has 178 valence electrons. The number of benzene rings is 2. The molecule has 0 atom stereocenters. The van der Waals surface area contributed by atoms with Crippen LogP contribution in [0, 0.1) is 0 Å². The molecule has 1 saturated heterocycles. The van der Waals surface area contributed by atoms with Crippen LogP contribution in [0.2, 0.25) is 5.02 Å². The highest BCUT2D eigenvalue weighted by atomic mass is 35.5. The number of nitrogens with one attached hydrogen (secondary N) is 1. The Morgan fingerprint density at radius 1 is 1.00 bits per heavy atom. The van der Waals surface area contributed by atoms with Crippen LogP contribution in [0.4, 0.5) is 17.2 Å². The van der Waals surface area contributed by atoms with Crippen molar-refractivity contribution in [2.75, 3.05) is 61.3 Å². The third-order valence-electron chi connectivity index (χ3n) is 5.44. The minimum atomic E-state index is -0.142. The van der Waals surface area contributed by atoms with Gasteiger partial charge in [0.05, 0.1) is 30.7 Å². The van der Waals surface area contributed by atoms with Gasteiger partial charge in [-0.15, -0.1) is 0 Å². The first-order valence-electron chi connectivity index (χ1n) is 10.8. The number of methoxy groups -OCH3 is 2. The molecule has 0 aliphatic carbocycles. The van der Waals surface area contributed by atoms with Crippen LogP contribution in [-0.2, 0) is 4.79 Å². The molecule has 2 aromatic carbocycles. The number of thioether (sulfide) groups is 1. The second-order valence-corrected chi connectivity index (χ2v) is 8.95. The molecule has 34 heavy (non-hydrogen) atoms. The van der Waals surface area contributed by atoms with Crippen molar-refractivity contribution in [1.82, 2.24) is 9.97 Å². The number of hydrogen-bond donors (Lipinski definition) is 1. The number of nitrogens with zero attached hydrogens (tertiary/aromatic N) is 4. The van der Waals surface area contributed by atoms with Gasteiger partial charge in [-0.25, -0.2) is 9.97 Å². The summed E-state index contributed by atoms with van der Waals surface area (Å²) in [5.41, 5.74) is 1.72. The average molecular weight is 500 g/mol. The molecule has 0 spiro atoms. The summed E-state index contributed by atoms with van der Waals surface area (Å²) in [6, 6.07) is 15.1. The van der Waals surface area contributed by atoms with Gasteiger partial charge in [0, 0.05) is 37.9 Å². The van der Waals surface area contributed by atoms with Gasteiger partial charge in [0.1, 0.15) is 28.7 Å². The van der Waals surface area contributed by atoms with Crippen LogP contribution in [-0.4, -0.2) is 62.0 Å². The zero-order chi connectivity index (χ0) is 23.9. The highest BCUT2D eigenvalue weighted by Crippen LogP contribution is 2.30. The van der Waals surface area contributed by atoms with Gasteiger partial charge in [0.25, 0.3) is 0 Å². The van der Waals surface area contributed by atoms with Gasteiger partial charge < -0.3 is 24.6 Å². The number of hydrogen-bond acceptors (Lipinski definition) is 8. The largest absolute Gasteiger partial charge is 0.495 e. The Labute approximate surface area is 208 Å². The number of rotatable bonds is 8. The second-order valence-electron chi connectivity index (χ2n) is 7.55. The van der Waals surface area contributed by atoms with Crippen LogP contribution in [0.25, 0.3) is 0 Å². The van der Waals surface area contributed by atoms with Crippen LogP contribution in [0.15, 0.2) is 59.9 Å². The number of aromatic nitrogens is 2. The fraction of sp³-hybridized carbons (Fsp3) is 0.292. The maximum Gasteiger partial charge on any atom is 0.234 e. The van der Waals surface area contributed by atoms with Gasteiger partial charge in [-0.3, -0.25) is 4.79 Å². The molecule has 10 heteroatoms. The van der Waals surface area contributed by atoms with E-state index in [9.17, 15) is 4.79 Å². The van der Waals surface area contributed by atoms with Crippen LogP contribution in [0.1, 0.15) is 0 Å². The predicted molar refractivity (Wildman–Crippen MR) is 137 cm³/mol. The van der Waals surface area contributed by atoms with Crippen LogP contribution >= 0.6 is 23.4 Å². The SMILES string of the molecule is COc1ccc(NC(=O)CSc2cc(N3CCN(c4ccccc4OC)CC3)ncn2)cc1Cl. The van der Waals surface area contributed by atoms with E-state index >= 15 is 0 Å². The molecule has 8 nitrogen and oxygen atoms in total. The maximum atomic E-state index is 12.4. The molecule has 0 radical (unpaired) electrons. The molecule has 0 unspecified atom stereocenters. The summed E-state index contributed by atoms with van der Waals surface area (Å²) in [4.78, 5) is 25.7. The summed E-state index contributed by atoms with van der Waals surface area (Å²) in [5, 5.41) is 4.04. The summed E-state index contributed by atoms with van der Waals surface area (Å²) < 4.78 is 10.6. The Kier molecular flexibility index (Phi) is 7.97. The highest BCUT2D eigenvalue weighted by Gasteiger charge is 2.21. The predicted octanol–water partition coefficient (Wildman–Crippen LogP) is 4.20. The lowest BCUT2D eigenvalue weighted by atomic mass is 10.2. The van der Waals surface area contributed by atoms with E-state index in [1.54, 1.807) is 38.7 Å². The minimum absolute atomic E-state index is 0.142. The summed E-state index contributed by atoms with van der Waals surface area (Å²) in [6.07, 6.45) is 1.55. The van der Waals surface area contributed by atoms with E-state index in [1.165, 1.54) is 11.8 Å². The monoisotopic (exact) mass is 499 g/mol. The first kappa shape index (κ1) is 24.0. The van der Waals surface area contributed by atoms with Crippen molar-refractivity contribution >= 4 is 46.5 Å². The summed E-state index contributed by atoms with van der Waals surface area (Å²) in [7, 11) is 3.24. The second kappa shape index (κ2) is 11.3. The molecular weight excluding hydrogens is 474 g/mol. The number of halogens is 1. The lowest BCUT2D eigenvalue weighted by Crippen LogP contribution is -2.47. The third kappa shape index (κ3) is 5.84. The van der Waals surface area contributed by atoms with Crippen molar-refractivity contribution in [2.45, 2.75) is 5.03 Å². The Balaban J connectivity index is 1.31. The molecule has 1 aliphatic heterocycles. The molecule has 1 amide bonds. The van der Waals surface area contributed by atoms with Gasteiger partial charge >= 0.3 is 0 Å². The van der Waals surface area contributed by atoms with Gasteiger partial charge in [-0.1, -0.05) is 35.5 Å². The van der Waals surface area contributed by atoms with E-state index in [4.69, 9.17) is 21.1 Å². The van der Waals surface area contributed by atoms with Crippen molar-refractivity contribution in [3.8, 4) is 11.5 Å². The Morgan fingerprint density at radius 3 is 2.47 bits per heavy atom. The van der Waals surface area contributed by atoms with Crippen molar-refractivity contribution in [3.63, 3.8) is 0 Å². The average Bonchev–Trinajstić information content (AvgIpc) is 2.88. The molecule has 1 aromatic heterocycles. The summed E-state index contributed by atoms with van der Waals surface area (Å²) in [5.74, 6) is 2.39. The molecule has 1 aliphatic rings. The third-order valence-corrected chi connectivity index (χ3v) is 6.66. The zero-order valence-corrected chi connectivity index (χ0v) is 20.6. The van der Waals surface area contributed by atoms with E-state index in [0.29, 0.717) is 16.5 Å². The molecule has 4 rings (SSSR count). The fourth-order valence-electron chi connectivity index (χ4n) is 3.73. The number of ether oxygens (including phenoxy) is 2.